The Morgan fingerprint density at radius 1 is 0.926 bits per heavy atom. The van der Waals surface area contributed by atoms with Gasteiger partial charge >= 0.3 is 0 Å². The first-order valence-electron chi connectivity index (χ1n) is 8.87. The maximum absolute atomic E-state index is 13.1. The summed E-state index contributed by atoms with van der Waals surface area (Å²) in [5, 5.41) is 6.34. The minimum absolute atomic E-state index is 0.0514. The highest BCUT2D eigenvalue weighted by atomic mass is 19.1. The van der Waals surface area contributed by atoms with Gasteiger partial charge in [0.2, 0.25) is 5.95 Å². The molecule has 1 aromatic heterocycles. The number of hydrogen-bond donors (Lipinski definition) is 2. The molecule has 1 atom stereocenters. The van der Waals surface area contributed by atoms with Crippen molar-refractivity contribution in [1.82, 2.24) is 9.97 Å². The van der Waals surface area contributed by atoms with Crippen molar-refractivity contribution >= 4 is 28.9 Å². The number of Topliss-reactive ketones (excluding diaryl/α,β-unsaturated/α-hetero) is 1. The van der Waals surface area contributed by atoms with Crippen molar-refractivity contribution in [1.29, 1.82) is 0 Å². The Bertz CT molecular complexity index is 973. The summed E-state index contributed by atoms with van der Waals surface area (Å²) in [6.45, 7) is 2.04. The first kappa shape index (κ1) is 17.1. The molecule has 3 aromatic rings. The van der Waals surface area contributed by atoms with E-state index in [0.29, 0.717) is 35.9 Å². The molecule has 27 heavy (non-hydrogen) atoms. The molecule has 0 amide bonds. The molecule has 136 valence electrons. The number of nitrogens with zero attached hydrogens (tertiary/aromatic N) is 2. The highest BCUT2D eigenvalue weighted by Crippen LogP contribution is 2.31. The molecule has 0 spiro atoms. The molecule has 0 bridgehead atoms. The van der Waals surface area contributed by atoms with Gasteiger partial charge in [-0.05, 0) is 48.7 Å². The Balaban J connectivity index is 1.74. The van der Waals surface area contributed by atoms with Gasteiger partial charge in [-0.3, -0.25) is 4.79 Å². The fraction of sp³-hybridized carbons (Fsp3) is 0.190. The van der Waals surface area contributed by atoms with Crippen molar-refractivity contribution in [2.24, 2.45) is 5.92 Å². The van der Waals surface area contributed by atoms with Gasteiger partial charge < -0.3 is 10.6 Å². The third-order valence-electron chi connectivity index (χ3n) is 4.48. The third kappa shape index (κ3) is 3.79. The molecule has 0 fully saturated rings. The largest absolute Gasteiger partial charge is 0.339 e. The van der Waals surface area contributed by atoms with Crippen molar-refractivity contribution < 1.29 is 9.18 Å². The number of carbonyl (C=O) groups is 1. The zero-order valence-corrected chi connectivity index (χ0v) is 14.9. The highest BCUT2D eigenvalue weighted by molar-refractivity contribution is 6.03. The van der Waals surface area contributed by atoms with Crippen molar-refractivity contribution in [2.45, 2.75) is 19.8 Å². The standard InChI is InChI=1S/C21H19FN4O/c1-13-11-17-19(18(27)12-13)20(23-15-5-3-2-4-6-15)26-21(25-17)24-16-9-7-14(22)8-10-16/h2-10,13H,11-12H2,1H3,(H2,23,24,25,26). The number of anilines is 4. The van der Waals surface area contributed by atoms with Crippen molar-refractivity contribution in [3.63, 3.8) is 0 Å². The van der Waals surface area contributed by atoms with Gasteiger partial charge in [0.25, 0.3) is 0 Å². The first-order valence-corrected chi connectivity index (χ1v) is 8.87. The van der Waals surface area contributed by atoms with Crippen LogP contribution in [0.2, 0.25) is 0 Å². The summed E-state index contributed by atoms with van der Waals surface area (Å²) in [6.07, 6.45) is 1.20. The molecule has 1 aliphatic rings. The van der Waals surface area contributed by atoms with E-state index in [4.69, 9.17) is 0 Å². The number of benzene rings is 2. The fourth-order valence-electron chi connectivity index (χ4n) is 3.24. The molecule has 2 N–H and O–H groups in total. The highest BCUT2D eigenvalue weighted by Gasteiger charge is 2.28. The van der Waals surface area contributed by atoms with E-state index in [0.717, 1.165) is 11.4 Å². The van der Waals surface area contributed by atoms with Crippen LogP contribution in [-0.2, 0) is 6.42 Å². The summed E-state index contributed by atoms with van der Waals surface area (Å²) in [6, 6.07) is 15.6. The quantitative estimate of drug-likeness (QED) is 0.693. The molecule has 1 unspecified atom stereocenters. The maximum Gasteiger partial charge on any atom is 0.229 e. The zero-order chi connectivity index (χ0) is 18.8. The van der Waals surface area contributed by atoms with Gasteiger partial charge in [-0.2, -0.15) is 4.98 Å². The number of rotatable bonds is 4. The predicted molar refractivity (Wildman–Crippen MR) is 103 cm³/mol. The maximum atomic E-state index is 13.1. The molecule has 6 heteroatoms. The number of ketones is 1. The Morgan fingerprint density at radius 2 is 1.63 bits per heavy atom. The average molecular weight is 362 g/mol. The van der Waals surface area contributed by atoms with E-state index < -0.39 is 0 Å². The Hall–Kier alpha value is -3.28. The Kier molecular flexibility index (Phi) is 4.54. The van der Waals surface area contributed by atoms with Crippen LogP contribution in [0, 0.1) is 11.7 Å². The molecule has 5 nitrogen and oxygen atoms in total. The van der Waals surface area contributed by atoms with E-state index in [1.807, 2.05) is 37.3 Å². The van der Waals surface area contributed by atoms with Crippen LogP contribution >= 0.6 is 0 Å². The average Bonchev–Trinajstić information content (AvgIpc) is 2.64. The van der Waals surface area contributed by atoms with E-state index in [9.17, 15) is 9.18 Å². The van der Waals surface area contributed by atoms with Crippen LogP contribution in [0.4, 0.5) is 27.5 Å². The third-order valence-corrected chi connectivity index (χ3v) is 4.48. The normalized spacial score (nSPS) is 15.9. The summed E-state index contributed by atoms with van der Waals surface area (Å²) >= 11 is 0. The van der Waals surface area contributed by atoms with Crippen LogP contribution in [0.1, 0.15) is 29.4 Å². The van der Waals surface area contributed by atoms with E-state index in [-0.39, 0.29) is 17.5 Å². The molecule has 0 aliphatic heterocycles. The molecular formula is C21H19FN4O. The minimum atomic E-state index is -0.308. The van der Waals surface area contributed by atoms with Crippen LogP contribution in [0.25, 0.3) is 0 Å². The first-order chi connectivity index (χ1) is 13.1. The van der Waals surface area contributed by atoms with Crippen LogP contribution in [0.15, 0.2) is 54.6 Å². The molecule has 1 heterocycles. The number of para-hydroxylation sites is 1. The number of halogens is 1. The molecule has 1 aliphatic carbocycles. The Labute approximate surface area is 156 Å². The van der Waals surface area contributed by atoms with Crippen LogP contribution in [0.3, 0.4) is 0 Å². The number of carbonyl (C=O) groups excluding carboxylic acids is 1. The summed E-state index contributed by atoms with van der Waals surface area (Å²) in [5.41, 5.74) is 2.81. The number of hydrogen-bond acceptors (Lipinski definition) is 5. The van der Waals surface area contributed by atoms with E-state index >= 15 is 0 Å². The number of aromatic nitrogens is 2. The predicted octanol–water partition coefficient (Wildman–Crippen LogP) is 4.87. The van der Waals surface area contributed by atoms with Crippen molar-refractivity contribution in [3.8, 4) is 0 Å². The van der Waals surface area contributed by atoms with Gasteiger partial charge in [0.15, 0.2) is 5.78 Å². The Morgan fingerprint density at radius 3 is 2.37 bits per heavy atom. The summed E-state index contributed by atoms with van der Waals surface area (Å²) < 4.78 is 13.1. The van der Waals surface area contributed by atoms with Crippen molar-refractivity contribution in [2.75, 3.05) is 10.6 Å². The number of nitrogens with one attached hydrogen (secondary N) is 2. The second kappa shape index (κ2) is 7.15. The lowest BCUT2D eigenvalue weighted by molar-refractivity contribution is 0.0953. The summed E-state index contributed by atoms with van der Waals surface area (Å²) in [5.74, 6) is 0.852. The second-order valence-corrected chi connectivity index (χ2v) is 6.78. The monoisotopic (exact) mass is 362 g/mol. The SMILES string of the molecule is CC1CC(=O)c2c(nc(Nc3ccc(F)cc3)nc2Nc2ccccc2)C1. The van der Waals surface area contributed by atoms with Crippen LogP contribution in [0.5, 0.6) is 0 Å². The summed E-state index contributed by atoms with van der Waals surface area (Å²) in [4.78, 5) is 21.7. The molecular weight excluding hydrogens is 343 g/mol. The lowest BCUT2D eigenvalue weighted by atomic mass is 9.87. The number of fused-ring (bicyclic) bond motifs is 1. The van der Waals surface area contributed by atoms with Gasteiger partial charge in [-0.25, -0.2) is 9.37 Å². The van der Waals surface area contributed by atoms with Gasteiger partial charge in [0, 0.05) is 17.8 Å². The van der Waals surface area contributed by atoms with Crippen molar-refractivity contribution in [3.05, 3.63) is 71.7 Å². The zero-order valence-electron chi connectivity index (χ0n) is 14.9. The smallest absolute Gasteiger partial charge is 0.229 e. The minimum Gasteiger partial charge on any atom is -0.339 e. The molecule has 0 saturated heterocycles. The molecule has 0 radical (unpaired) electrons. The van der Waals surface area contributed by atoms with Gasteiger partial charge in [-0.15, -0.1) is 0 Å². The van der Waals surface area contributed by atoms with Crippen LogP contribution < -0.4 is 10.6 Å². The van der Waals surface area contributed by atoms with Gasteiger partial charge in [0.05, 0.1) is 11.3 Å². The lowest BCUT2D eigenvalue weighted by Gasteiger charge is -2.23. The summed E-state index contributed by atoms with van der Waals surface area (Å²) in [7, 11) is 0. The lowest BCUT2D eigenvalue weighted by Crippen LogP contribution is -2.22. The second-order valence-electron chi connectivity index (χ2n) is 6.78. The van der Waals surface area contributed by atoms with Gasteiger partial charge in [-0.1, -0.05) is 25.1 Å². The topological polar surface area (TPSA) is 66.9 Å². The van der Waals surface area contributed by atoms with Crippen LogP contribution in [-0.4, -0.2) is 15.8 Å². The fourth-order valence-corrected chi connectivity index (χ4v) is 3.24. The van der Waals surface area contributed by atoms with E-state index in [2.05, 4.69) is 20.6 Å². The van der Waals surface area contributed by atoms with E-state index in [1.165, 1.54) is 12.1 Å². The van der Waals surface area contributed by atoms with E-state index in [1.54, 1.807) is 12.1 Å². The molecule has 0 saturated carbocycles. The molecule has 4 rings (SSSR count). The molecule has 2 aromatic carbocycles. The van der Waals surface area contributed by atoms with Gasteiger partial charge in [0.1, 0.15) is 11.6 Å².